The lowest BCUT2D eigenvalue weighted by molar-refractivity contribution is -0.137. The van der Waals surface area contributed by atoms with Gasteiger partial charge in [-0.05, 0) is 36.4 Å². The Morgan fingerprint density at radius 1 is 1.11 bits per heavy atom. The van der Waals surface area contributed by atoms with Gasteiger partial charge in [0.2, 0.25) is 0 Å². The molecule has 0 aliphatic carbocycles. The fourth-order valence-electron chi connectivity index (χ4n) is 1.46. The minimum Gasteiger partial charge on any atom is -0.340 e. The topological polar surface area (TPSA) is 48.7 Å². The van der Waals surface area contributed by atoms with Crippen LogP contribution in [0.15, 0.2) is 42.6 Å². The summed E-state index contributed by atoms with van der Waals surface area (Å²) in [6.45, 7) is 0. The number of pyridine rings is 1. The van der Waals surface area contributed by atoms with Crippen LogP contribution in [-0.4, -0.2) is 4.98 Å². The molecule has 1 heterocycles. The van der Waals surface area contributed by atoms with E-state index in [2.05, 4.69) is 10.3 Å². The number of alkyl halides is 3. The smallest absolute Gasteiger partial charge is 0.340 e. The number of nitrogens with one attached hydrogen (secondary N) is 1. The zero-order valence-corrected chi connectivity index (χ0v) is 9.57. The molecule has 0 fully saturated rings. The maximum absolute atomic E-state index is 12.4. The van der Waals surface area contributed by atoms with Gasteiger partial charge in [-0.15, -0.1) is 0 Å². The molecule has 0 atom stereocenters. The van der Waals surface area contributed by atoms with Crippen LogP contribution in [0.5, 0.6) is 0 Å². The molecule has 2 rings (SSSR count). The molecule has 96 valence electrons. The summed E-state index contributed by atoms with van der Waals surface area (Å²) in [5, 5.41) is 11.6. The molecule has 1 aromatic carbocycles. The molecule has 0 saturated carbocycles. The predicted octanol–water partition coefficient (Wildman–Crippen LogP) is 3.72. The Morgan fingerprint density at radius 3 is 2.37 bits per heavy atom. The lowest BCUT2D eigenvalue weighted by Gasteiger charge is -2.09. The molecule has 1 aromatic heterocycles. The van der Waals surface area contributed by atoms with Crippen LogP contribution in [0.2, 0.25) is 0 Å². The first kappa shape index (κ1) is 12.9. The molecule has 0 bridgehead atoms. The minimum atomic E-state index is -4.35. The number of hydrogen-bond donors (Lipinski definition) is 1. The Balaban J connectivity index is 2.18. The quantitative estimate of drug-likeness (QED) is 0.898. The van der Waals surface area contributed by atoms with E-state index in [-0.39, 0.29) is 0 Å². The highest BCUT2D eigenvalue weighted by atomic mass is 19.4. The van der Waals surface area contributed by atoms with E-state index in [0.717, 1.165) is 12.1 Å². The normalized spacial score (nSPS) is 10.8. The standard InChI is InChI=1S/C13H8F3N3/c14-13(15,16)10-1-3-11(4-2-10)19-12-7-9(8-17)5-6-18-12/h1-7H,(H,18,19). The lowest BCUT2D eigenvalue weighted by atomic mass is 10.2. The summed E-state index contributed by atoms with van der Waals surface area (Å²) in [5.74, 6) is 0.402. The number of anilines is 2. The van der Waals surface area contributed by atoms with Crippen molar-refractivity contribution in [1.82, 2.24) is 4.98 Å². The van der Waals surface area contributed by atoms with E-state index in [1.165, 1.54) is 30.5 Å². The molecule has 0 saturated heterocycles. The SMILES string of the molecule is N#Cc1ccnc(Nc2ccc(C(F)(F)F)cc2)c1. The van der Waals surface area contributed by atoms with Gasteiger partial charge in [0.25, 0.3) is 0 Å². The molecule has 0 aliphatic rings. The van der Waals surface area contributed by atoms with E-state index in [4.69, 9.17) is 5.26 Å². The summed E-state index contributed by atoms with van der Waals surface area (Å²) in [6.07, 6.45) is -2.90. The predicted molar refractivity (Wildman–Crippen MR) is 63.7 cm³/mol. The maximum Gasteiger partial charge on any atom is 0.416 e. The van der Waals surface area contributed by atoms with Crippen molar-refractivity contribution in [2.75, 3.05) is 5.32 Å². The molecule has 0 spiro atoms. The van der Waals surface area contributed by atoms with Crippen LogP contribution in [0.25, 0.3) is 0 Å². The molecular formula is C13H8F3N3. The summed E-state index contributed by atoms with van der Waals surface area (Å²) < 4.78 is 37.1. The van der Waals surface area contributed by atoms with Crippen LogP contribution >= 0.6 is 0 Å². The van der Waals surface area contributed by atoms with Gasteiger partial charge in [-0.25, -0.2) is 4.98 Å². The van der Waals surface area contributed by atoms with Gasteiger partial charge in [-0.1, -0.05) is 0 Å². The van der Waals surface area contributed by atoms with Crippen LogP contribution in [0, 0.1) is 11.3 Å². The van der Waals surface area contributed by atoms with Gasteiger partial charge >= 0.3 is 6.18 Å². The number of nitriles is 1. The Hall–Kier alpha value is -2.55. The van der Waals surface area contributed by atoms with Gasteiger partial charge < -0.3 is 5.32 Å². The summed E-state index contributed by atoms with van der Waals surface area (Å²) in [4.78, 5) is 3.97. The summed E-state index contributed by atoms with van der Waals surface area (Å²) >= 11 is 0. The van der Waals surface area contributed by atoms with E-state index >= 15 is 0 Å². The van der Waals surface area contributed by atoms with Crippen LogP contribution in [-0.2, 0) is 6.18 Å². The first-order chi connectivity index (χ1) is 8.99. The van der Waals surface area contributed by atoms with E-state index < -0.39 is 11.7 Å². The zero-order valence-electron chi connectivity index (χ0n) is 9.57. The largest absolute Gasteiger partial charge is 0.416 e. The average molecular weight is 263 g/mol. The molecule has 1 N–H and O–H groups in total. The first-order valence-electron chi connectivity index (χ1n) is 5.29. The minimum absolute atomic E-state index is 0.402. The van der Waals surface area contributed by atoms with Gasteiger partial charge in [0, 0.05) is 11.9 Å². The lowest BCUT2D eigenvalue weighted by Crippen LogP contribution is -2.04. The summed E-state index contributed by atoms with van der Waals surface area (Å²) in [5.41, 5.74) is 0.178. The third-order valence-electron chi connectivity index (χ3n) is 2.37. The highest BCUT2D eigenvalue weighted by molar-refractivity contribution is 5.57. The number of hydrogen-bond acceptors (Lipinski definition) is 3. The van der Waals surface area contributed by atoms with Crippen LogP contribution < -0.4 is 5.32 Å². The Kier molecular flexibility index (Phi) is 3.38. The van der Waals surface area contributed by atoms with Gasteiger partial charge in [-0.3, -0.25) is 0 Å². The monoisotopic (exact) mass is 263 g/mol. The Bertz CT molecular complexity index is 612. The number of benzene rings is 1. The number of halogens is 3. The van der Waals surface area contributed by atoms with Crippen molar-refractivity contribution in [3.8, 4) is 6.07 Å². The van der Waals surface area contributed by atoms with E-state index in [9.17, 15) is 13.2 Å². The van der Waals surface area contributed by atoms with Crippen molar-refractivity contribution in [1.29, 1.82) is 5.26 Å². The van der Waals surface area contributed by atoms with E-state index in [1.54, 1.807) is 0 Å². The Labute approximate surface area is 107 Å². The van der Waals surface area contributed by atoms with Crippen molar-refractivity contribution in [2.24, 2.45) is 0 Å². The third-order valence-corrected chi connectivity index (χ3v) is 2.37. The second-order valence-corrected chi connectivity index (χ2v) is 3.74. The molecule has 0 unspecified atom stereocenters. The first-order valence-corrected chi connectivity index (χ1v) is 5.29. The molecular weight excluding hydrogens is 255 g/mol. The van der Waals surface area contributed by atoms with Gasteiger partial charge in [-0.2, -0.15) is 18.4 Å². The van der Waals surface area contributed by atoms with Gasteiger partial charge in [0.1, 0.15) is 5.82 Å². The second-order valence-electron chi connectivity index (χ2n) is 3.74. The molecule has 0 amide bonds. The fraction of sp³-hybridized carbons (Fsp3) is 0.0769. The average Bonchev–Trinajstić information content (AvgIpc) is 2.38. The van der Waals surface area contributed by atoms with Crippen molar-refractivity contribution in [3.05, 3.63) is 53.7 Å². The molecule has 0 radical (unpaired) electrons. The summed E-state index contributed by atoms with van der Waals surface area (Å²) in [7, 11) is 0. The van der Waals surface area contributed by atoms with Crippen molar-refractivity contribution in [3.63, 3.8) is 0 Å². The van der Waals surface area contributed by atoms with Gasteiger partial charge in [0.15, 0.2) is 0 Å². The molecule has 0 aliphatic heterocycles. The number of rotatable bonds is 2. The zero-order chi connectivity index (χ0) is 13.9. The third kappa shape index (κ3) is 3.22. The molecule has 3 nitrogen and oxygen atoms in total. The van der Waals surface area contributed by atoms with Crippen molar-refractivity contribution in [2.45, 2.75) is 6.18 Å². The second kappa shape index (κ2) is 4.98. The van der Waals surface area contributed by atoms with E-state index in [1.807, 2.05) is 6.07 Å². The summed E-state index contributed by atoms with van der Waals surface area (Å²) in [6, 6.07) is 9.59. The molecule has 2 aromatic rings. The fourth-order valence-corrected chi connectivity index (χ4v) is 1.46. The van der Waals surface area contributed by atoms with Crippen LogP contribution in [0.4, 0.5) is 24.7 Å². The van der Waals surface area contributed by atoms with E-state index in [0.29, 0.717) is 17.1 Å². The highest BCUT2D eigenvalue weighted by Crippen LogP contribution is 2.30. The van der Waals surface area contributed by atoms with Crippen molar-refractivity contribution < 1.29 is 13.2 Å². The number of nitrogens with zero attached hydrogens (tertiary/aromatic N) is 2. The Morgan fingerprint density at radius 2 is 1.79 bits per heavy atom. The molecule has 19 heavy (non-hydrogen) atoms. The molecule has 6 heteroatoms. The highest BCUT2D eigenvalue weighted by Gasteiger charge is 2.29. The van der Waals surface area contributed by atoms with Crippen molar-refractivity contribution >= 4 is 11.5 Å². The van der Waals surface area contributed by atoms with Gasteiger partial charge in [0.05, 0.1) is 17.2 Å². The number of aromatic nitrogens is 1. The maximum atomic E-state index is 12.4. The van der Waals surface area contributed by atoms with Crippen LogP contribution in [0.3, 0.4) is 0 Å². The van der Waals surface area contributed by atoms with Crippen LogP contribution in [0.1, 0.15) is 11.1 Å².